The number of aryl methyl sites for hydroxylation is 1. The zero-order valence-corrected chi connectivity index (χ0v) is 15.2. The highest BCUT2D eigenvalue weighted by molar-refractivity contribution is 8.13. The van der Waals surface area contributed by atoms with Gasteiger partial charge in [-0.15, -0.1) is 0 Å². The van der Waals surface area contributed by atoms with Crippen LogP contribution in [0.25, 0.3) is 0 Å². The van der Waals surface area contributed by atoms with Gasteiger partial charge in [-0.3, -0.25) is 0 Å². The molecule has 1 rings (SSSR count). The molecule has 122 valence electrons. The van der Waals surface area contributed by atoms with E-state index in [1.165, 1.54) is 6.20 Å². The van der Waals surface area contributed by atoms with Crippen LogP contribution in [0.1, 0.15) is 46.4 Å². The minimum Gasteiger partial charge on any atom is -0.332 e. The summed E-state index contributed by atoms with van der Waals surface area (Å²) in [5, 5.41) is -0.249. The quantitative estimate of drug-likeness (QED) is 0.754. The van der Waals surface area contributed by atoms with Crippen molar-refractivity contribution >= 4 is 29.6 Å². The smallest absolute Gasteiger partial charge is 0.280 e. The average Bonchev–Trinajstić information content (AvgIpc) is 2.68. The van der Waals surface area contributed by atoms with E-state index >= 15 is 0 Å². The SMILES string of the molecule is CC(C)c1nc(S(=O)(=O)Cl)cn1CCS(=O)(=O)C(C)(C)C. The molecule has 0 fully saturated rings. The second-order valence-corrected chi connectivity index (χ2v) is 11.5. The van der Waals surface area contributed by atoms with E-state index in [1.54, 1.807) is 25.3 Å². The van der Waals surface area contributed by atoms with Crippen molar-refractivity contribution in [2.24, 2.45) is 0 Å². The van der Waals surface area contributed by atoms with Crippen LogP contribution < -0.4 is 0 Å². The Balaban J connectivity index is 3.12. The van der Waals surface area contributed by atoms with Crippen molar-refractivity contribution in [3.8, 4) is 0 Å². The fourth-order valence-corrected chi connectivity index (χ4v) is 3.42. The van der Waals surface area contributed by atoms with Gasteiger partial charge in [-0.1, -0.05) is 13.8 Å². The highest BCUT2D eigenvalue weighted by Gasteiger charge is 2.29. The zero-order valence-electron chi connectivity index (χ0n) is 12.8. The summed E-state index contributed by atoms with van der Waals surface area (Å²) in [4.78, 5) is 3.99. The zero-order chi connectivity index (χ0) is 16.6. The van der Waals surface area contributed by atoms with Crippen LogP contribution in [0.4, 0.5) is 0 Å². The van der Waals surface area contributed by atoms with E-state index in [2.05, 4.69) is 4.98 Å². The summed E-state index contributed by atoms with van der Waals surface area (Å²) < 4.78 is 47.7. The van der Waals surface area contributed by atoms with Crippen molar-refractivity contribution in [1.29, 1.82) is 0 Å². The van der Waals surface area contributed by atoms with Crippen LogP contribution >= 0.6 is 10.7 Å². The Labute approximate surface area is 130 Å². The summed E-state index contributed by atoms with van der Waals surface area (Å²) in [6.45, 7) is 8.74. The van der Waals surface area contributed by atoms with Gasteiger partial charge in [-0.25, -0.2) is 21.8 Å². The molecule has 0 aliphatic heterocycles. The summed E-state index contributed by atoms with van der Waals surface area (Å²) in [6, 6.07) is 0. The van der Waals surface area contributed by atoms with Crippen LogP contribution in [0, 0.1) is 0 Å². The number of hydrogen-bond acceptors (Lipinski definition) is 5. The van der Waals surface area contributed by atoms with Crippen molar-refractivity contribution in [3.05, 3.63) is 12.0 Å². The van der Waals surface area contributed by atoms with E-state index in [4.69, 9.17) is 10.7 Å². The van der Waals surface area contributed by atoms with Crippen LogP contribution in [0.2, 0.25) is 0 Å². The Morgan fingerprint density at radius 2 is 1.76 bits per heavy atom. The number of halogens is 1. The summed E-state index contributed by atoms with van der Waals surface area (Å²) in [6.07, 6.45) is 1.29. The number of sulfone groups is 1. The molecular weight excluding hydrogens is 336 g/mol. The third-order valence-corrected chi connectivity index (χ3v) is 6.84. The third-order valence-electron chi connectivity index (χ3n) is 3.09. The molecule has 21 heavy (non-hydrogen) atoms. The first-order valence-corrected chi connectivity index (χ1v) is 10.5. The van der Waals surface area contributed by atoms with Gasteiger partial charge in [0.05, 0.1) is 10.5 Å². The predicted molar refractivity (Wildman–Crippen MR) is 82.9 cm³/mol. The van der Waals surface area contributed by atoms with Crippen LogP contribution in [0.5, 0.6) is 0 Å². The largest absolute Gasteiger partial charge is 0.332 e. The van der Waals surface area contributed by atoms with E-state index in [9.17, 15) is 16.8 Å². The summed E-state index contributed by atoms with van der Waals surface area (Å²) in [5.74, 6) is 0.363. The molecule has 0 N–H and O–H groups in total. The fraction of sp³-hybridized carbons (Fsp3) is 0.750. The summed E-state index contributed by atoms with van der Waals surface area (Å²) in [7, 11) is -1.94. The lowest BCUT2D eigenvalue weighted by atomic mass is 10.2. The van der Waals surface area contributed by atoms with E-state index < -0.39 is 23.6 Å². The Morgan fingerprint density at radius 3 is 2.14 bits per heavy atom. The van der Waals surface area contributed by atoms with E-state index in [0.29, 0.717) is 5.82 Å². The topological polar surface area (TPSA) is 86.1 Å². The molecule has 9 heteroatoms. The summed E-state index contributed by atoms with van der Waals surface area (Å²) in [5.41, 5.74) is 0. The van der Waals surface area contributed by atoms with Gasteiger partial charge >= 0.3 is 0 Å². The maximum Gasteiger partial charge on any atom is 0.280 e. The van der Waals surface area contributed by atoms with Gasteiger partial charge in [0.1, 0.15) is 5.82 Å². The Morgan fingerprint density at radius 1 is 1.24 bits per heavy atom. The molecule has 0 saturated heterocycles. The minimum absolute atomic E-state index is 0.0468. The molecule has 0 bridgehead atoms. The lowest BCUT2D eigenvalue weighted by molar-refractivity contribution is 0.550. The first kappa shape index (κ1) is 18.4. The second-order valence-electron chi connectivity index (χ2n) is 6.15. The number of hydrogen-bond donors (Lipinski definition) is 0. The van der Waals surface area contributed by atoms with Crippen molar-refractivity contribution in [3.63, 3.8) is 0 Å². The molecule has 0 aromatic carbocycles. The maximum atomic E-state index is 12.1. The molecule has 1 aromatic heterocycles. The molecule has 0 aliphatic carbocycles. The molecule has 0 atom stereocenters. The second kappa shape index (κ2) is 5.89. The molecule has 0 saturated carbocycles. The van der Waals surface area contributed by atoms with Gasteiger partial charge in [0.25, 0.3) is 9.05 Å². The maximum absolute atomic E-state index is 12.1. The van der Waals surface area contributed by atoms with Crippen LogP contribution in [0.3, 0.4) is 0 Å². The monoisotopic (exact) mass is 356 g/mol. The Bertz CT molecular complexity index is 713. The lowest BCUT2D eigenvalue weighted by Gasteiger charge is -2.19. The minimum atomic E-state index is -3.93. The van der Waals surface area contributed by atoms with E-state index in [1.807, 2.05) is 13.8 Å². The molecule has 0 amide bonds. The van der Waals surface area contributed by atoms with Gasteiger partial charge in [-0.2, -0.15) is 0 Å². The normalized spacial score (nSPS) is 13.9. The Hall–Kier alpha value is -0.600. The molecule has 0 aliphatic rings. The number of rotatable bonds is 5. The van der Waals surface area contributed by atoms with Crippen molar-refractivity contribution in [1.82, 2.24) is 9.55 Å². The van der Waals surface area contributed by atoms with Crippen LogP contribution in [0.15, 0.2) is 11.2 Å². The van der Waals surface area contributed by atoms with Gasteiger partial charge in [-0.05, 0) is 20.8 Å². The standard InChI is InChI=1S/C12H21ClN2O4S2/c1-9(2)11-14-10(21(13,18)19)8-15(11)6-7-20(16,17)12(3,4)5/h8-9H,6-7H2,1-5H3. The highest BCUT2D eigenvalue weighted by atomic mass is 35.7. The van der Waals surface area contributed by atoms with E-state index in [-0.39, 0.29) is 23.2 Å². The first-order chi connectivity index (χ1) is 9.25. The summed E-state index contributed by atoms with van der Waals surface area (Å²) >= 11 is 0. The predicted octanol–water partition coefficient (Wildman–Crippen LogP) is 2.15. The van der Waals surface area contributed by atoms with Gasteiger partial charge < -0.3 is 4.57 Å². The van der Waals surface area contributed by atoms with E-state index in [0.717, 1.165) is 0 Å². The van der Waals surface area contributed by atoms with Crippen molar-refractivity contribution in [2.75, 3.05) is 5.75 Å². The van der Waals surface area contributed by atoms with Crippen molar-refractivity contribution in [2.45, 2.75) is 56.9 Å². The third kappa shape index (κ3) is 4.43. The highest BCUT2D eigenvalue weighted by Crippen LogP contribution is 2.21. The molecule has 0 spiro atoms. The first-order valence-electron chi connectivity index (χ1n) is 6.50. The number of nitrogens with zero attached hydrogens (tertiary/aromatic N) is 2. The van der Waals surface area contributed by atoms with Gasteiger partial charge in [0.2, 0.25) is 0 Å². The lowest BCUT2D eigenvalue weighted by Crippen LogP contribution is -2.32. The van der Waals surface area contributed by atoms with Crippen molar-refractivity contribution < 1.29 is 16.8 Å². The molecular formula is C12H21ClN2O4S2. The van der Waals surface area contributed by atoms with Gasteiger partial charge in [0.15, 0.2) is 14.9 Å². The average molecular weight is 357 g/mol. The molecule has 1 aromatic rings. The molecule has 1 heterocycles. The van der Waals surface area contributed by atoms with Gasteiger partial charge in [0, 0.05) is 29.3 Å². The molecule has 0 radical (unpaired) electrons. The van der Waals surface area contributed by atoms with Crippen LogP contribution in [-0.4, -0.2) is 36.9 Å². The molecule has 0 unspecified atom stereocenters. The number of aromatic nitrogens is 2. The molecule has 6 nitrogen and oxygen atoms in total. The Kier molecular flexibility index (Phi) is 5.17. The van der Waals surface area contributed by atoms with Crippen LogP contribution in [-0.2, 0) is 25.4 Å². The number of imidazole rings is 1. The fourth-order valence-electron chi connectivity index (χ4n) is 1.69.